The Morgan fingerprint density at radius 3 is 2.20 bits per heavy atom. The summed E-state index contributed by atoms with van der Waals surface area (Å²) in [4.78, 5) is 0. The lowest BCUT2D eigenvalue weighted by molar-refractivity contribution is 0.567. The van der Waals surface area contributed by atoms with Gasteiger partial charge in [0.1, 0.15) is 0 Å². The van der Waals surface area contributed by atoms with Crippen LogP contribution in [0.5, 0.6) is 0 Å². The third-order valence-electron chi connectivity index (χ3n) is 1.12. The normalized spacial score (nSPS) is 13.6. The van der Waals surface area contributed by atoms with Crippen molar-refractivity contribution in [1.82, 2.24) is 5.32 Å². The Morgan fingerprint density at radius 2 is 2.00 bits per heavy atom. The third kappa shape index (κ3) is 2.97. The van der Waals surface area contributed by atoms with Gasteiger partial charge in [-0.25, -0.2) is 0 Å². The van der Waals surface area contributed by atoms with Gasteiger partial charge in [0.25, 0.3) is 0 Å². The van der Waals surface area contributed by atoms with Gasteiger partial charge < -0.3 is 9.73 Å². The minimum Gasteiger partial charge on any atom is -0.473 e. The molecule has 0 saturated heterocycles. The fraction of sp³-hybridized carbons (Fsp3) is 0.250. The molecule has 2 heterocycles. The maximum atomic E-state index is 4.58. The van der Waals surface area contributed by atoms with Crippen LogP contribution in [0.1, 0.15) is 6.42 Å². The van der Waals surface area contributed by atoms with Gasteiger partial charge >= 0.3 is 0 Å². The average molecular weight is 137 g/mol. The van der Waals surface area contributed by atoms with E-state index in [1.54, 1.807) is 12.5 Å². The van der Waals surface area contributed by atoms with Gasteiger partial charge in [0.15, 0.2) is 0 Å². The predicted octanol–water partition coefficient (Wildman–Crippen LogP) is 1.77. The summed E-state index contributed by atoms with van der Waals surface area (Å²) < 4.78 is 4.58. The molecule has 0 radical (unpaired) electrons. The van der Waals surface area contributed by atoms with Crippen LogP contribution in [0.3, 0.4) is 0 Å². The molecule has 1 aliphatic rings. The Bertz CT molecular complexity index is 144. The zero-order chi connectivity index (χ0) is 7.07. The van der Waals surface area contributed by atoms with Crippen LogP contribution in [0.25, 0.3) is 0 Å². The van der Waals surface area contributed by atoms with Gasteiger partial charge in [-0.3, -0.25) is 0 Å². The van der Waals surface area contributed by atoms with E-state index < -0.39 is 0 Å². The molecule has 0 unspecified atom stereocenters. The molecule has 0 amide bonds. The number of furan rings is 1. The average Bonchev–Trinajstić information content (AvgIpc) is 2.67. The van der Waals surface area contributed by atoms with Gasteiger partial charge in [-0.1, -0.05) is 6.08 Å². The summed E-state index contributed by atoms with van der Waals surface area (Å²) in [6.07, 6.45) is 8.57. The Hall–Kier alpha value is -1.18. The Morgan fingerprint density at radius 1 is 1.20 bits per heavy atom. The van der Waals surface area contributed by atoms with E-state index in [0.717, 1.165) is 6.54 Å². The first kappa shape index (κ1) is 6.93. The van der Waals surface area contributed by atoms with Crippen LogP contribution in [0.15, 0.2) is 41.4 Å². The van der Waals surface area contributed by atoms with Crippen molar-refractivity contribution in [1.29, 1.82) is 0 Å². The second kappa shape index (κ2) is 4.68. The van der Waals surface area contributed by atoms with E-state index in [2.05, 4.69) is 15.8 Å². The molecule has 0 spiro atoms. The Kier molecular flexibility index (Phi) is 3.24. The van der Waals surface area contributed by atoms with E-state index in [1.165, 1.54) is 6.42 Å². The van der Waals surface area contributed by atoms with E-state index in [9.17, 15) is 0 Å². The fourth-order valence-corrected chi connectivity index (χ4v) is 0.643. The van der Waals surface area contributed by atoms with Crippen molar-refractivity contribution < 1.29 is 4.42 Å². The molecule has 1 aromatic rings. The standard InChI is InChI=1S/C4H7N.C4H4O/c2*1-2-4-5-3-1/h1,3,5H,2,4H2;1-4H. The quantitative estimate of drug-likeness (QED) is 0.589. The molecule has 0 aliphatic carbocycles. The number of rotatable bonds is 0. The summed E-state index contributed by atoms with van der Waals surface area (Å²) in [5.41, 5.74) is 0. The van der Waals surface area contributed by atoms with Gasteiger partial charge in [0, 0.05) is 6.54 Å². The largest absolute Gasteiger partial charge is 0.473 e. The summed E-state index contributed by atoms with van der Waals surface area (Å²) in [5, 5.41) is 3.04. The first-order valence-corrected chi connectivity index (χ1v) is 3.36. The second-order valence-electron chi connectivity index (χ2n) is 1.94. The molecule has 1 aliphatic heterocycles. The molecular formula is C8H11NO. The summed E-state index contributed by atoms with van der Waals surface area (Å²) in [6, 6.07) is 3.67. The number of hydrogen-bond acceptors (Lipinski definition) is 2. The van der Waals surface area contributed by atoms with Crippen LogP contribution in [0, 0.1) is 0 Å². The first-order valence-electron chi connectivity index (χ1n) is 3.36. The predicted molar refractivity (Wildman–Crippen MR) is 40.5 cm³/mol. The third-order valence-corrected chi connectivity index (χ3v) is 1.12. The Labute approximate surface area is 60.5 Å². The van der Waals surface area contributed by atoms with E-state index in [1.807, 2.05) is 18.3 Å². The van der Waals surface area contributed by atoms with Crippen molar-refractivity contribution in [3.63, 3.8) is 0 Å². The second-order valence-corrected chi connectivity index (χ2v) is 1.94. The van der Waals surface area contributed by atoms with Crippen LogP contribution < -0.4 is 5.32 Å². The molecule has 54 valence electrons. The number of hydrogen-bond donors (Lipinski definition) is 1. The SMILES string of the molecule is C1=CNCC1.c1ccoc1. The molecule has 2 rings (SSSR count). The zero-order valence-electron chi connectivity index (χ0n) is 5.79. The van der Waals surface area contributed by atoms with E-state index >= 15 is 0 Å². The summed E-state index contributed by atoms with van der Waals surface area (Å²) in [7, 11) is 0. The molecule has 0 bridgehead atoms. The van der Waals surface area contributed by atoms with E-state index in [4.69, 9.17) is 0 Å². The molecule has 0 atom stereocenters. The van der Waals surface area contributed by atoms with Gasteiger partial charge in [0.2, 0.25) is 0 Å². The monoisotopic (exact) mass is 137 g/mol. The summed E-state index contributed by atoms with van der Waals surface area (Å²) in [5.74, 6) is 0. The highest BCUT2D eigenvalue weighted by atomic mass is 16.3. The molecule has 0 saturated carbocycles. The van der Waals surface area contributed by atoms with Crippen molar-refractivity contribution in [2.45, 2.75) is 6.42 Å². The molecule has 2 heteroatoms. The van der Waals surface area contributed by atoms with Gasteiger partial charge in [-0.05, 0) is 24.8 Å². The van der Waals surface area contributed by atoms with Crippen LogP contribution in [-0.4, -0.2) is 6.54 Å². The Balaban J connectivity index is 0.0000001000. The highest BCUT2D eigenvalue weighted by molar-refractivity contribution is 4.86. The maximum Gasteiger partial charge on any atom is 0.0902 e. The minimum atomic E-state index is 1.14. The summed E-state index contributed by atoms with van der Waals surface area (Å²) in [6.45, 7) is 1.14. The van der Waals surface area contributed by atoms with Crippen molar-refractivity contribution in [2.24, 2.45) is 0 Å². The fourth-order valence-electron chi connectivity index (χ4n) is 0.643. The van der Waals surface area contributed by atoms with Crippen LogP contribution in [-0.2, 0) is 0 Å². The lowest BCUT2D eigenvalue weighted by Crippen LogP contribution is -1.96. The van der Waals surface area contributed by atoms with Crippen LogP contribution >= 0.6 is 0 Å². The molecule has 2 nitrogen and oxygen atoms in total. The highest BCUT2D eigenvalue weighted by Crippen LogP contribution is 1.84. The smallest absolute Gasteiger partial charge is 0.0902 e. The van der Waals surface area contributed by atoms with Gasteiger partial charge in [-0.15, -0.1) is 0 Å². The molecule has 1 N–H and O–H groups in total. The molecule has 10 heavy (non-hydrogen) atoms. The molecular weight excluding hydrogens is 126 g/mol. The van der Waals surface area contributed by atoms with Crippen LogP contribution in [0.2, 0.25) is 0 Å². The van der Waals surface area contributed by atoms with E-state index in [0.29, 0.717) is 0 Å². The lowest BCUT2D eigenvalue weighted by Gasteiger charge is -1.78. The van der Waals surface area contributed by atoms with Crippen molar-refractivity contribution in [2.75, 3.05) is 6.54 Å². The van der Waals surface area contributed by atoms with Crippen molar-refractivity contribution >= 4 is 0 Å². The molecule has 0 aromatic carbocycles. The minimum absolute atomic E-state index is 1.14. The molecule has 1 aromatic heterocycles. The zero-order valence-corrected chi connectivity index (χ0v) is 5.79. The van der Waals surface area contributed by atoms with Gasteiger partial charge in [0.05, 0.1) is 12.5 Å². The highest BCUT2D eigenvalue weighted by Gasteiger charge is 1.81. The van der Waals surface area contributed by atoms with Gasteiger partial charge in [-0.2, -0.15) is 0 Å². The molecule has 0 fully saturated rings. The van der Waals surface area contributed by atoms with Crippen molar-refractivity contribution in [3.05, 3.63) is 36.9 Å². The number of nitrogens with one attached hydrogen (secondary N) is 1. The van der Waals surface area contributed by atoms with Crippen molar-refractivity contribution in [3.8, 4) is 0 Å². The lowest BCUT2D eigenvalue weighted by atomic mass is 10.5. The van der Waals surface area contributed by atoms with Crippen LogP contribution in [0.4, 0.5) is 0 Å². The topological polar surface area (TPSA) is 25.2 Å². The summed E-state index contributed by atoms with van der Waals surface area (Å²) >= 11 is 0. The van der Waals surface area contributed by atoms with E-state index in [-0.39, 0.29) is 0 Å². The first-order chi connectivity index (χ1) is 5.00. The maximum absolute atomic E-state index is 4.58.